The molecule has 1 N–H and O–H groups in total. The highest BCUT2D eigenvalue weighted by molar-refractivity contribution is 5.84. The highest BCUT2D eigenvalue weighted by Crippen LogP contribution is 2.21. The Labute approximate surface area is 94.2 Å². The predicted octanol–water partition coefficient (Wildman–Crippen LogP) is 1.12. The lowest BCUT2D eigenvalue weighted by molar-refractivity contribution is 0.0663. The van der Waals surface area contributed by atoms with E-state index in [1.807, 2.05) is 0 Å². The summed E-state index contributed by atoms with van der Waals surface area (Å²) in [6.45, 7) is 4.84. The van der Waals surface area contributed by atoms with Crippen LogP contribution in [0.4, 0.5) is 5.88 Å². The van der Waals surface area contributed by atoms with Crippen molar-refractivity contribution >= 4 is 11.9 Å². The lowest BCUT2D eigenvalue weighted by atomic mass is 10.2. The molecule has 0 aromatic carbocycles. The van der Waals surface area contributed by atoms with E-state index >= 15 is 0 Å². The summed E-state index contributed by atoms with van der Waals surface area (Å²) in [6, 6.07) is 3.68. The Bertz CT molecular complexity index is 388. The van der Waals surface area contributed by atoms with E-state index in [-0.39, 0.29) is 5.76 Å². The Balaban J connectivity index is 2.09. The summed E-state index contributed by atoms with van der Waals surface area (Å²) < 4.78 is 5.28. The molecule has 16 heavy (non-hydrogen) atoms. The normalized spacial score (nSPS) is 22.4. The van der Waals surface area contributed by atoms with Gasteiger partial charge < -0.3 is 19.3 Å². The zero-order chi connectivity index (χ0) is 11.7. The number of nitrogens with zero attached hydrogens (tertiary/aromatic N) is 2. The minimum atomic E-state index is -1.02. The minimum absolute atomic E-state index is 0.00146. The Kier molecular flexibility index (Phi) is 2.87. The molecule has 5 heteroatoms. The second kappa shape index (κ2) is 4.17. The van der Waals surface area contributed by atoms with E-state index in [0.717, 1.165) is 19.6 Å². The standard InChI is InChI=1S/C11H16N2O3/c1-8-7-13(6-5-12(8)2)10-4-3-9(16-10)11(14)15/h3-4,8H,5-7H2,1-2H3,(H,14,15). The van der Waals surface area contributed by atoms with Crippen molar-refractivity contribution in [2.45, 2.75) is 13.0 Å². The molecule has 0 amide bonds. The van der Waals surface area contributed by atoms with Crippen LogP contribution in [0.1, 0.15) is 17.5 Å². The summed E-state index contributed by atoms with van der Waals surface area (Å²) in [7, 11) is 2.09. The molecule has 1 unspecified atom stereocenters. The zero-order valence-corrected chi connectivity index (χ0v) is 9.51. The van der Waals surface area contributed by atoms with Crippen LogP contribution in [0.25, 0.3) is 0 Å². The van der Waals surface area contributed by atoms with E-state index in [4.69, 9.17) is 9.52 Å². The van der Waals surface area contributed by atoms with E-state index in [0.29, 0.717) is 11.9 Å². The molecule has 2 heterocycles. The van der Waals surface area contributed by atoms with Crippen molar-refractivity contribution in [2.75, 3.05) is 31.6 Å². The number of carboxylic acid groups (broad SMARTS) is 1. The monoisotopic (exact) mass is 224 g/mol. The first-order valence-electron chi connectivity index (χ1n) is 5.36. The van der Waals surface area contributed by atoms with Crippen molar-refractivity contribution in [3.05, 3.63) is 17.9 Å². The summed E-state index contributed by atoms with van der Waals surface area (Å²) in [4.78, 5) is 15.0. The number of furan rings is 1. The number of aromatic carboxylic acids is 1. The van der Waals surface area contributed by atoms with E-state index in [1.165, 1.54) is 6.07 Å². The van der Waals surface area contributed by atoms with Gasteiger partial charge in [-0.05, 0) is 20.0 Å². The van der Waals surface area contributed by atoms with Crippen molar-refractivity contribution in [3.8, 4) is 0 Å². The molecule has 1 atom stereocenters. The maximum atomic E-state index is 10.7. The molecule has 5 nitrogen and oxygen atoms in total. The summed E-state index contributed by atoms with van der Waals surface area (Å²) in [5.74, 6) is -0.368. The summed E-state index contributed by atoms with van der Waals surface area (Å²) in [5.41, 5.74) is 0. The van der Waals surface area contributed by atoms with Crippen LogP contribution < -0.4 is 4.90 Å². The van der Waals surface area contributed by atoms with Gasteiger partial charge in [0.25, 0.3) is 0 Å². The second-order valence-corrected chi connectivity index (χ2v) is 4.22. The Morgan fingerprint density at radius 2 is 2.25 bits per heavy atom. The summed E-state index contributed by atoms with van der Waals surface area (Å²) in [6.07, 6.45) is 0. The summed E-state index contributed by atoms with van der Waals surface area (Å²) in [5, 5.41) is 8.77. The smallest absolute Gasteiger partial charge is 0.371 e. The first kappa shape index (κ1) is 11.0. The van der Waals surface area contributed by atoms with Gasteiger partial charge in [0.1, 0.15) is 0 Å². The molecule has 1 aromatic rings. The van der Waals surface area contributed by atoms with Gasteiger partial charge >= 0.3 is 5.97 Å². The van der Waals surface area contributed by atoms with Crippen LogP contribution in [0, 0.1) is 0 Å². The lowest BCUT2D eigenvalue weighted by Gasteiger charge is -2.37. The van der Waals surface area contributed by atoms with Crippen molar-refractivity contribution in [1.29, 1.82) is 0 Å². The molecule has 1 saturated heterocycles. The number of rotatable bonds is 2. The number of anilines is 1. The van der Waals surface area contributed by atoms with Gasteiger partial charge in [-0.1, -0.05) is 0 Å². The lowest BCUT2D eigenvalue weighted by Crippen LogP contribution is -2.50. The molecule has 2 rings (SSSR count). The third-order valence-corrected chi connectivity index (χ3v) is 3.07. The van der Waals surface area contributed by atoms with Gasteiger partial charge in [0.15, 0.2) is 5.88 Å². The van der Waals surface area contributed by atoms with Crippen molar-refractivity contribution in [3.63, 3.8) is 0 Å². The molecule has 88 valence electrons. The molecule has 0 spiro atoms. The van der Waals surface area contributed by atoms with Crippen molar-refractivity contribution in [2.24, 2.45) is 0 Å². The number of carbonyl (C=O) groups is 1. The molecule has 1 aliphatic heterocycles. The highest BCUT2D eigenvalue weighted by Gasteiger charge is 2.23. The van der Waals surface area contributed by atoms with Crippen molar-refractivity contribution < 1.29 is 14.3 Å². The van der Waals surface area contributed by atoms with E-state index < -0.39 is 5.97 Å². The molecule has 1 aliphatic rings. The molecule has 0 radical (unpaired) electrons. The van der Waals surface area contributed by atoms with E-state index in [1.54, 1.807) is 6.07 Å². The highest BCUT2D eigenvalue weighted by atomic mass is 16.4. The van der Waals surface area contributed by atoms with Crippen molar-refractivity contribution in [1.82, 2.24) is 4.90 Å². The predicted molar refractivity (Wildman–Crippen MR) is 60.0 cm³/mol. The van der Waals surface area contributed by atoms with E-state index in [9.17, 15) is 4.79 Å². The van der Waals surface area contributed by atoms with Gasteiger partial charge in [0, 0.05) is 31.7 Å². The molecule has 0 bridgehead atoms. The van der Waals surface area contributed by atoms with Crippen LogP contribution in [0.15, 0.2) is 16.5 Å². The number of carboxylic acids is 1. The second-order valence-electron chi connectivity index (χ2n) is 4.22. The average molecular weight is 224 g/mol. The van der Waals surface area contributed by atoms with Gasteiger partial charge in [-0.2, -0.15) is 0 Å². The average Bonchev–Trinajstić information content (AvgIpc) is 2.71. The minimum Gasteiger partial charge on any atom is -0.475 e. The first-order chi connectivity index (χ1) is 7.58. The van der Waals surface area contributed by atoms with Crippen LogP contribution in [0.3, 0.4) is 0 Å². The summed E-state index contributed by atoms with van der Waals surface area (Å²) >= 11 is 0. The maximum Gasteiger partial charge on any atom is 0.371 e. The van der Waals surface area contributed by atoms with Gasteiger partial charge in [0.05, 0.1) is 0 Å². The number of hydrogen-bond donors (Lipinski definition) is 1. The van der Waals surface area contributed by atoms with Crippen LogP contribution in [-0.2, 0) is 0 Å². The third kappa shape index (κ3) is 2.04. The molecule has 0 aliphatic carbocycles. The molecule has 1 aromatic heterocycles. The topological polar surface area (TPSA) is 56.9 Å². The Hall–Kier alpha value is -1.49. The molecule has 0 saturated carbocycles. The van der Waals surface area contributed by atoms with Crippen LogP contribution in [-0.4, -0.2) is 48.7 Å². The molecule has 1 fully saturated rings. The number of likely N-dealkylation sites (N-methyl/N-ethyl adjacent to an activating group) is 1. The van der Waals surface area contributed by atoms with E-state index in [2.05, 4.69) is 23.8 Å². The fraction of sp³-hybridized carbons (Fsp3) is 0.545. The Morgan fingerprint density at radius 3 is 2.81 bits per heavy atom. The fourth-order valence-electron chi connectivity index (χ4n) is 1.86. The van der Waals surface area contributed by atoms with Gasteiger partial charge in [-0.25, -0.2) is 4.79 Å². The van der Waals surface area contributed by atoms with Gasteiger partial charge in [-0.15, -0.1) is 0 Å². The third-order valence-electron chi connectivity index (χ3n) is 3.07. The van der Waals surface area contributed by atoms with Crippen LogP contribution >= 0.6 is 0 Å². The SMILES string of the molecule is CC1CN(c2ccc(C(=O)O)o2)CCN1C. The number of piperazine rings is 1. The number of hydrogen-bond acceptors (Lipinski definition) is 4. The Morgan fingerprint density at radius 1 is 1.50 bits per heavy atom. The van der Waals surface area contributed by atoms with Gasteiger partial charge in [-0.3, -0.25) is 0 Å². The molecular formula is C11H16N2O3. The zero-order valence-electron chi connectivity index (χ0n) is 9.51. The first-order valence-corrected chi connectivity index (χ1v) is 5.36. The van der Waals surface area contributed by atoms with Gasteiger partial charge in [0.2, 0.25) is 5.76 Å². The maximum absolute atomic E-state index is 10.7. The quantitative estimate of drug-likeness (QED) is 0.815. The molecular weight excluding hydrogens is 208 g/mol. The van der Waals surface area contributed by atoms with Crippen LogP contribution in [0.2, 0.25) is 0 Å². The van der Waals surface area contributed by atoms with Crippen LogP contribution in [0.5, 0.6) is 0 Å². The largest absolute Gasteiger partial charge is 0.475 e. The fourth-order valence-corrected chi connectivity index (χ4v) is 1.86.